The largest absolute Gasteiger partial charge is 0.323 e. The molecule has 21 heavy (non-hydrogen) atoms. The van der Waals surface area contributed by atoms with Gasteiger partial charge < -0.3 is 5.32 Å². The lowest BCUT2D eigenvalue weighted by Crippen LogP contribution is -2.43. The minimum atomic E-state index is -0.154. The fourth-order valence-electron chi connectivity index (χ4n) is 2.66. The van der Waals surface area contributed by atoms with Crippen LogP contribution in [0.2, 0.25) is 10.0 Å². The van der Waals surface area contributed by atoms with Gasteiger partial charge in [-0.1, -0.05) is 42.5 Å². The third-order valence-electron chi connectivity index (χ3n) is 4.00. The Kier molecular flexibility index (Phi) is 6.34. The average molecular weight is 329 g/mol. The monoisotopic (exact) mass is 328 g/mol. The second-order valence-electron chi connectivity index (χ2n) is 5.59. The van der Waals surface area contributed by atoms with Gasteiger partial charge in [0.15, 0.2) is 0 Å². The second-order valence-corrected chi connectivity index (χ2v) is 6.44. The summed E-state index contributed by atoms with van der Waals surface area (Å²) in [6.45, 7) is 3.92. The Morgan fingerprint density at radius 2 is 1.76 bits per heavy atom. The van der Waals surface area contributed by atoms with Crippen LogP contribution in [0.25, 0.3) is 0 Å². The highest BCUT2D eigenvalue weighted by Crippen LogP contribution is 2.26. The zero-order chi connectivity index (χ0) is 15.2. The van der Waals surface area contributed by atoms with Crippen LogP contribution >= 0.6 is 23.2 Å². The van der Waals surface area contributed by atoms with Crippen LogP contribution in [0.5, 0.6) is 0 Å². The van der Waals surface area contributed by atoms with E-state index in [2.05, 4.69) is 10.2 Å². The lowest BCUT2D eigenvalue weighted by Gasteiger charge is -2.29. The number of nitrogens with one attached hydrogen (secondary N) is 1. The Morgan fingerprint density at radius 3 is 2.43 bits per heavy atom. The molecule has 1 aliphatic rings. The van der Waals surface area contributed by atoms with Gasteiger partial charge in [0.05, 0.1) is 16.8 Å². The number of anilines is 1. The van der Waals surface area contributed by atoms with Gasteiger partial charge in [-0.3, -0.25) is 9.69 Å². The first-order valence-electron chi connectivity index (χ1n) is 7.58. The van der Waals surface area contributed by atoms with E-state index in [4.69, 9.17) is 23.2 Å². The number of benzene rings is 1. The number of rotatable bonds is 3. The van der Waals surface area contributed by atoms with E-state index in [0.717, 1.165) is 25.9 Å². The average Bonchev–Trinajstić information content (AvgIpc) is 2.42. The normalized spacial score (nSPS) is 18.6. The van der Waals surface area contributed by atoms with Gasteiger partial charge in [0.25, 0.3) is 0 Å². The number of hydrogen-bond donors (Lipinski definition) is 1. The van der Waals surface area contributed by atoms with Gasteiger partial charge in [-0.25, -0.2) is 0 Å². The van der Waals surface area contributed by atoms with E-state index < -0.39 is 0 Å². The molecule has 0 bridgehead atoms. The van der Waals surface area contributed by atoms with Crippen LogP contribution in [0.1, 0.15) is 39.0 Å². The standard InChI is InChI=1S/C16H22Cl2N2O/c1-12(20-9-5-3-2-4-6-10-20)16(21)19-15-11-13(17)7-8-14(15)18/h7-8,11-12H,2-6,9-10H2,1H3,(H,19,21)/t12-/m0/s1. The zero-order valence-corrected chi connectivity index (χ0v) is 13.9. The second kappa shape index (κ2) is 8.02. The molecule has 1 fully saturated rings. The van der Waals surface area contributed by atoms with Crippen LogP contribution in [0, 0.1) is 0 Å². The molecular weight excluding hydrogens is 307 g/mol. The number of amides is 1. The van der Waals surface area contributed by atoms with Crippen molar-refractivity contribution in [2.75, 3.05) is 18.4 Å². The van der Waals surface area contributed by atoms with Crippen molar-refractivity contribution in [1.29, 1.82) is 0 Å². The number of carbonyl (C=O) groups is 1. The summed E-state index contributed by atoms with van der Waals surface area (Å²) >= 11 is 12.0. The molecule has 1 saturated heterocycles. The Labute approximate surface area is 136 Å². The van der Waals surface area contributed by atoms with E-state index in [-0.39, 0.29) is 11.9 Å². The van der Waals surface area contributed by atoms with E-state index in [9.17, 15) is 4.79 Å². The van der Waals surface area contributed by atoms with Crippen molar-refractivity contribution in [1.82, 2.24) is 4.90 Å². The minimum absolute atomic E-state index is 0.0280. The molecule has 1 atom stereocenters. The molecule has 116 valence electrons. The maximum absolute atomic E-state index is 12.4. The summed E-state index contributed by atoms with van der Waals surface area (Å²) in [5.74, 6) is -0.0280. The first-order valence-corrected chi connectivity index (χ1v) is 8.33. The van der Waals surface area contributed by atoms with Gasteiger partial charge in [0, 0.05) is 5.02 Å². The van der Waals surface area contributed by atoms with Crippen molar-refractivity contribution >= 4 is 34.8 Å². The highest BCUT2D eigenvalue weighted by atomic mass is 35.5. The summed E-state index contributed by atoms with van der Waals surface area (Å²) in [5.41, 5.74) is 0.577. The van der Waals surface area contributed by atoms with E-state index in [1.165, 1.54) is 19.3 Å². The lowest BCUT2D eigenvalue weighted by molar-refractivity contribution is -0.120. The zero-order valence-electron chi connectivity index (χ0n) is 12.4. The van der Waals surface area contributed by atoms with Crippen LogP contribution in [0.15, 0.2) is 18.2 Å². The number of halogens is 2. The number of nitrogens with zero attached hydrogens (tertiary/aromatic N) is 1. The Bertz CT molecular complexity index is 485. The molecule has 1 aromatic rings. The van der Waals surface area contributed by atoms with Crippen molar-refractivity contribution in [3.05, 3.63) is 28.2 Å². The molecule has 0 aromatic heterocycles. The molecule has 5 heteroatoms. The fourth-order valence-corrected chi connectivity index (χ4v) is 2.99. The molecule has 1 aromatic carbocycles. The predicted octanol–water partition coefficient (Wildman–Crippen LogP) is 4.59. The molecule has 0 spiro atoms. The maximum atomic E-state index is 12.4. The van der Waals surface area contributed by atoms with Gasteiger partial charge >= 0.3 is 0 Å². The third kappa shape index (κ3) is 4.87. The Morgan fingerprint density at radius 1 is 1.14 bits per heavy atom. The van der Waals surface area contributed by atoms with Gasteiger partial charge in [-0.2, -0.15) is 0 Å². The van der Waals surface area contributed by atoms with Gasteiger partial charge in [-0.05, 0) is 51.1 Å². The predicted molar refractivity (Wildman–Crippen MR) is 89.2 cm³/mol. The molecule has 3 nitrogen and oxygen atoms in total. The molecule has 0 unspecified atom stereocenters. The van der Waals surface area contributed by atoms with Crippen molar-refractivity contribution in [2.24, 2.45) is 0 Å². The summed E-state index contributed by atoms with van der Waals surface area (Å²) in [6, 6.07) is 4.93. The third-order valence-corrected chi connectivity index (χ3v) is 4.57. The van der Waals surface area contributed by atoms with Crippen LogP contribution in [0.4, 0.5) is 5.69 Å². The fraction of sp³-hybridized carbons (Fsp3) is 0.562. The highest BCUT2D eigenvalue weighted by molar-refractivity contribution is 6.35. The number of likely N-dealkylation sites (tertiary alicyclic amines) is 1. The molecule has 1 amide bonds. The molecule has 0 aliphatic carbocycles. The van der Waals surface area contributed by atoms with Gasteiger partial charge in [-0.15, -0.1) is 0 Å². The summed E-state index contributed by atoms with van der Waals surface area (Å²) in [7, 11) is 0. The van der Waals surface area contributed by atoms with Gasteiger partial charge in [0.1, 0.15) is 0 Å². The van der Waals surface area contributed by atoms with E-state index in [0.29, 0.717) is 15.7 Å². The first-order chi connectivity index (χ1) is 10.1. The van der Waals surface area contributed by atoms with Crippen molar-refractivity contribution in [3.8, 4) is 0 Å². The SMILES string of the molecule is C[C@@H](C(=O)Nc1cc(Cl)ccc1Cl)N1CCCCCCC1. The molecule has 1 N–H and O–H groups in total. The van der Waals surface area contributed by atoms with E-state index >= 15 is 0 Å². The molecular formula is C16H22Cl2N2O. The number of carbonyl (C=O) groups excluding carboxylic acids is 1. The molecule has 1 heterocycles. The van der Waals surface area contributed by atoms with E-state index in [1.54, 1.807) is 18.2 Å². The lowest BCUT2D eigenvalue weighted by atomic mass is 10.1. The van der Waals surface area contributed by atoms with E-state index in [1.807, 2.05) is 6.92 Å². The van der Waals surface area contributed by atoms with Crippen molar-refractivity contribution < 1.29 is 4.79 Å². The molecule has 2 rings (SSSR count). The quantitative estimate of drug-likeness (QED) is 0.880. The van der Waals surface area contributed by atoms with Crippen LogP contribution in [0.3, 0.4) is 0 Å². The Balaban J connectivity index is 1.99. The van der Waals surface area contributed by atoms with Crippen molar-refractivity contribution in [3.63, 3.8) is 0 Å². The molecule has 0 saturated carbocycles. The smallest absolute Gasteiger partial charge is 0.241 e. The maximum Gasteiger partial charge on any atom is 0.241 e. The summed E-state index contributed by atoms with van der Waals surface area (Å²) in [4.78, 5) is 14.7. The number of hydrogen-bond acceptors (Lipinski definition) is 2. The van der Waals surface area contributed by atoms with Crippen molar-refractivity contribution in [2.45, 2.75) is 45.1 Å². The molecule has 1 aliphatic heterocycles. The summed E-state index contributed by atoms with van der Waals surface area (Å²) in [5, 5.41) is 3.96. The topological polar surface area (TPSA) is 32.3 Å². The summed E-state index contributed by atoms with van der Waals surface area (Å²) in [6.07, 6.45) is 6.15. The highest BCUT2D eigenvalue weighted by Gasteiger charge is 2.22. The minimum Gasteiger partial charge on any atom is -0.323 e. The van der Waals surface area contributed by atoms with Crippen LogP contribution in [-0.4, -0.2) is 29.9 Å². The van der Waals surface area contributed by atoms with Crippen LogP contribution < -0.4 is 5.32 Å². The first kappa shape index (κ1) is 16.6. The van der Waals surface area contributed by atoms with Gasteiger partial charge in [0.2, 0.25) is 5.91 Å². The van der Waals surface area contributed by atoms with Crippen LogP contribution in [-0.2, 0) is 4.79 Å². The summed E-state index contributed by atoms with van der Waals surface area (Å²) < 4.78 is 0. The Hall–Kier alpha value is -0.770. The molecule has 0 radical (unpaired) electrons.